The molecule has 5 rings (SSSR count). The third-order valence-electron chi connectivity index (χ3n) is 7.38. The van der Waals surface area contributed by atoms with Gasteiger partial charge in [-0.25, -0.2) is 9.67 Å². The molecule has 3 aromatic rings. The first kappa shape index (κ1) is 25.5. The Kier molecular flexibility index (Phi) is 7.11. The number of nitrogens with zero attached hydrogens (tertiary/aromatic N) is 5. The molecule has 1 aliphatic carbocycles. The van der Waals surface area contributed by atoms with Gasteiger partial charge >= 0.3 is 6.18 Å². The summed E-state index contributed by atoms with van der Waals surface area (Å²) in [6.45, 7) is 3.12. The average Bonchev–Trinajstić information content (AvgIpc) is 3.54. The molecule has 3 heterocycles. The van der Waals surface area contributed by atoms with Gasteiger partial charge in [-0.3, -0.25) is 4.79 Å². The predicted molar refractivity (Wildman–Crippen MR) is 137 cm³/mol. The fraction of sp³-hybridized carbons (Fsp3) is 0.444. The van der Waals surface area contributed by atoms with Gasteiger partial charge in [0.25, 0.3) is 5.91 Å². The van der Waals surface area contributed by atoms with E-state index in [0.29, 0.717) is 11.4 Å². The lowest BCUT2D eigenvalue weighted by Gasteiger charge is -2.33. The van der Waals surface area contributed by atoms with E-state index in [1.165, 1.54) is 27.1 Å². The van der Waals surface area contributed by atoms with Crippen molar-refractivity contribution in [2.24, 2.45) is 0 Å². The zero-order valence-electron chi connectivity index (χ0n) is 20.9. The smallest absolute Gasteiger partial charge is 0.376 e. The lowest BCUT2D eigenvalue weighted by Crippen LogP contribution is -2.33. The van der Waals surface area contributed by atoms with Crippen LogP contribution in [0.25, 0.3) is 6.20 Å². The van der Waals surface area contributed by atoms with E-state index in [1.807, 2.05) is 23.4 Å². The number of amides is 1. The SMILES string of the molecule is Cc1cc(C(F)(F)F)nn1C=CN1CCC(c2nc(C(=O)N(C)[C@H]3CCCc4ccccc43)cs2)CC1. The van der Waals surface area contributed by atoms with Crippen molar-refractivity contribution in [3.05, 3.63) is 75.1 Å². The van der Waals surface area contributed by atoms with Crippen LogP contribution in [0.4, 0.5) is 13.2 Å². The van der Waals surface area contributed by atoms with Crippen LogP contribution >= 0.6 is 11.3 Å². The van der Waals surface area contributed by atoms with Gasteiger partial charge in [0.15, 0.2) is 5.69 Å². The lowest BCUT2D eigenvalue weighted by molar-refractivity contribution is -0.141. The minimum Gasteiger partial charge on any atom is -0.376 e. The van der Waals surface area contributed by atoms with E-state index >= 15 is 0 Å². The van der Waals surface area contributed by atoms with Crippen LogP contribution in [0.3, 0.4) is 0 Å². The van der Waals surface area contributed by atoms with Crippen LogP contribution in [0.1, 0.15) is 75.7 Å². The number of rotatable bonds is 5. The summed E-state index contributed by atoms with van der Waals surface area (Å²) < 4.78 is 39.9. The van der Waals surface area contributed by atoms with Crippen molar-refractivity contribution in [1.29, 1.82) is 0 Å². The Balaban J connectivity index is 1.19. The lowest BCUT2D eigenvalue weighted by atomic mass is 9.87. The highest BCUT2D eigenvalue weighted by Crippen LogP contribution is 2.35. The molecule has 6 nitrogen and oxygen atoms in total. The molecule has 10 heteroatoms. The van der Waals surface area contributed by atoms with Gasteiger partial charge in [-0.1, -0.05) is 24.3 Å². The van der Waals surface area contributed by atoms with Crippen molar-refractivity contribution in [1.82, 2.24) is 24.6 Å². The molecule has 0 radical (unpaired) electrons. The van der Waals surface area contributed by atoms with E-state index in [0.717, 1.165) is 56.3 Å². The first-order valence-corrected chi connectivity index (χ1v) is 13.4. The molecule has 1 amide bonds. The molecule has 0 saturated carbocycles. The van der Waals surface area contributed by atoms with Crippen LogP contribution in [0, 0.1) is 6.92 Å². The van der Waals surface area contributed by atoms with Crippen molar-refractivity contribution < 1.29 is 18.0 Å². The topological polar surface area (TPSA) is 54.3 Å². The number of thiazole rings is 1. The van der Waals surface area contributed by atoms with Crippen molar-refractivity contribution in [2.75, 3.05) is 20.1 Å². The number of carbonyl (C=O) groups is 1. The Labute approximate surface area is 218 Å². The molecule has 2 aliphatic rings. The maximum Gasteiger partial charge on any atom is 0.435 e. The first-order chi connectivity index (χ1) is 17.7. The van der Waals surface area contributed by atoms with E-state index < -0.39 is 11.9 Å². The third-order valence-corrected chi connectivity index (χ3v) is 8.38. The number of aromatic nitrogens is 3. The molecule has 1 aromatic carbocycles. The van der Waals surface area contributed by atoms with Crippen LogP contribution in [0.5, 0.6) is 0 Å². The molecule has 0 N–H and O–H groups in total. The molecule has 1 atom stereocenters. The van der Waals surface area contributed by atoms with Gasteiger partial charge in [0.05, 0.1) is 11.0 Å². The van der Waals surface area contributed by atoms with Gasteiger partial charge in [-0.15, -0.1) is 11.3 Å². The second-order valence-corrected chi connectivity index (χ2v) is 10.7. The number of piperidine rings is 1. The fourth-order valence-electron chi connectivity index (χ4n) is 5.26. The van der Waals surface area contributed by atoms with Crippen molar-refractivity contribution in [2.45, 2.75) is 57.2 Å². The van der Waals surface area contributed by atoms with E-state index in [-0.39, 0.29) is 17.9 Å². The van der Waals surface area contributed by atoms with Gasteiger partial charge in [-0.05, 0) is 56.2 Å². The molecule has 2 aromatic heterocycles. The zero-order chi connectivity index (χ0) is 26.2. The molecule has 1 saturated heterocycles. The largest absolute Gasteiger partial charge is 0.435 e. The Hall–Kier alpha value is -3.14. The van der Waals surface area contributed by atoms with E-state index in [9.17, 15) is 18.0 Å². The number of hydrogen-bond acceptors (Lipinski definition) is 5. The van der Waals surface area contributed by atoms with Gasteiger partial charge in [-0.2, -0.15) is 18.3 Å². The first-order valence-electron chi connectivity index (χ1n) is 12.6. The number of aryl methyl sites for hydroxylation is 2. The van der Waals surface area contributed by atoms with Gasteiger partial charge in [0, 0.05) is 49.5 Å². The van der Waals surface area contributed by atoms with Crippen molar-refractivity contribution in [3.8, 4) is 0 Å². The molecule has 0 spiro atoms. The Bertz CT molecular complexity index is 1290. The van der Waals surface area contributed by atoms with Crippen LogP contribution in [0.2, 0.25) is 0 Å². The van der Waals surface area contributed by atoms with Crippen LogP contribution < -0.4 is 0 Å². The predicted octanol–water partition coefficient (Wildman–Crippen LogP) is 6.12. The minimum absolute atomic E-state index is 0.0441. The fourth-order valence-corrected chi connectivity index (χ4v) is 6.22. The summed E-state index contributed by atoms with van der Waals surface area (Å²) in [7, 11) is 1.87. The highest BCUT2D eigenvalue weighted by Gasteiger charge is 2.34. The van der Waals surface area contributed by atoms with E-state index in [1.54, 1.807) is 19.3 Å². The second-order valence-electron chi connectivity index (χ2n) is 9.82. The molecule has 1 fully saturated rings. The maximum atomic E-state index is 13.3. The van der Waals surface area contributed by atoms with Crippen LogP contribution in [-0.2, 0) is 12.6 Å². The number of halogens is 3. The Morgan fingerprint density at radius 2 is 1.92 bits per heavy atom. The number of carbonyl (C=O) groups excluding carboxylic acids is 1. The second kappa shape index (κ2) is 10.3. The summed E-state index contributed by atoms with van der Waals surface area (Å²) in [4.78, 5) is 21.9. The molecular weight excluding hydrogens is 499 g/mol. The zero-order valence-corrected chi connectivity index (χ0v) is 21.7. The van der Waals surface area contributed by atoms with Gasteiger partial charge in [0.2, 0.25) is 0 Å². The molecular formula is C27H30F3N5OS. The highest BCUT2D eigenvalue weighted by molar-refractivity contribution is 7.09. The number of benzene rings is 1. The molecule has 1 aliphatic heterocycles. The summed E-state index contributed by atoms with van der Waals surface area (Å²) in [5.41, 5.74) is 2.60. The minimum atomic E-state index is -4.45. The molecule has 0 bridgehead atoms. The quantitative estimate of drug-likeness (QED) is 0.399. The summed E-state index contributed by atoms with van der Waals surface area (Å²) >= 11 is 1.54. The Morgan fingerprint density at radius 1 is 1.16 bits per heavy atom. The molecule has 196 valence electrons. The van der Waals surface area contributed by atoms with Crippen molar-refractivity contribution >= 4 is 23.4 Å². The Morgan fingerprint density at radius 3 is 2.65 bits per heavy atom. The number of fused-ring (bicyclic) bond motifs is 1. The summed E-state index contributed by atoms with van der Waals surface area (Å²) in [6.07, 6.45) is 3.72. The standard InChI is InChI=1S/C27H30F3N5OS/c1-18-16-24(27(28,29)30)32-35(18)15-14-34-12-10-20(11-13-34)25-31-22(17-37-25)26(36)33(2)23-9-5-7-19-6-3-4-8-21(19)23/h3-4,6,8,14-17,20,23H,5,7,9-13H2,1-2H3/t23-/m0/s1. The molecule has 0 unspecified atom stereocenters. The summed E-state index contributed by atoms with van der Waals surface area (Å²) in [6, 6.07) is 9.48. The van der Waals surface area contributed by atoms with E-state index in [4.69, 9.17) is 4.98 Å². The van der Waals surface area contributed by atoms with Gasteiger partial charge in [0.1, 0.15) is 5.69 Å². The van der Waals surface area contributed by atoms with Crippen LogP contribution in [-0.4, -0.2) is 50.6 Å². The number of hydrogen-bond donors (Lipinski definition) is 0. The average molecular weight is 530 g/mol. The highest BCUT2D eigenvalue weighted by atomic mass is 32.1. The monoisotopic (exact) mass is 529 g/mol. The third kappa shape index (κ3) is 5.44. The van der Waals surface area contributed by atoms with E-state index in [2.05, 4.69) is 28.2 Å². The maximum absolute atomic E-state index is 13.3. The van der Waals surface area contributed by atoms with Crippen molar-refractivity contribution in [3.63, 3.8) is 0 Å². The number of likely N-dealkylation sites (tertiary alicyclic amines) is 1. The van der Waals surface area contributed by atoms with Gasteiger partial charge < -0.3 is 9.80 Å². The molecule has 37 heavy (non-hydrogen) atoms. The summed E-state index contributed by atoms with van der Waals surface area (Å²) in [5, 5.41) is 6.48. The number of alkyl halides is 3. The van der Waals surface area contributed by atoms with Crippen LogP contribution in [0.15, 0.2) is 41.9 Å². The normalized spacial score (nSPS) is 18.8. The summed E-state index contributed by atoms with van der Waals surface area (Å²) in [5.74, 6) is 0.220.